The van der Waals surface area contributed by atoms with Crippen LogP contribution in [0.2, 0.25) is 0 Å². The summed E-state index contributed by atoms with van der Waals surface area (Å²) in [5.74, 6) is -2.26. The van der Waals surface area contributed by atoms with Crippen LogP contribution in [-0.4, -0.2) is 54.1 Å². The molecule has 1 atom stereocenters. The third kappa shape index (κ3) is 3.93. The SMILES string of the molecule is CN(C)C(=O)[C@@H](OC(=O)CN1C(=O)Cc2ccccc2C1=O)c1ccccc1. The van der Waals surface area contributed by atoms with Gasteiger partial charge < -0.3 is 9.64 Å². The van der Waals surface area contributed by atoms with Gasteiger partial charge in [0.05, 0.1) is 6.42 Å². The smallest absolute Gasteiger partial charge is 0.327 e. The monoisotopic (exact) mass is 380 g/mol. The van der Waals surface area contributed by atoms with Crippen LogP contribution in [0.25, 0.3) is 0 Å². The highest BCUT2D eigenvalue weighted by molar-refractivity contribution is 6.11. The molecule has 0 unspecified atom stereocenters. The van der Waals surface area contributed by atoms with Crippen molar-refractivity contribution in [2.45, 2.75) is 12.5 Å². The maximum atomic E-state index is 12.6. The molecule has 1 aliphatic rings. The fourth-order valence-corrected chi connectivity index (χ4v) is 2.98. The molecule has 2 aromatic carbocycles. The summed E-state index contributed by atoms with van der Waals surface area (Å²) in [7, 11) is 3.11. The van der Waals surface area contributed by atoms with Gasteiger partial charge in [0.2, 0.25) is 12.0 Å². The second kappa shape index (κ2) is 8.04. The van der Waals surface area contributed by atoms with Gasteiger partial charge in [-0.05, 0) is 11.6 Å². The van der Waals surface area contributed by atoms with E-state index in [1.165, 1.54) is 4.90 Å². The molecule has 0 radical (unpaired) electrons. The van der Waals surface area contributed by atoms with Gasteiger partial charge in [-0.2, -0.15) is 0 Å². The van der Waals surface area contributed by atoms with Crippen molar-refractivity contribution in [2.75, 3.05) is 20.6 Å². The third-order valence-corrected chi connectivity index (χ3v) is 4.44. The van der Waals surface area contributed by atoms with E-state index in [1.807, 2.05) is 0 Å². The van der Waals surface area contributed by atoms with Crippen LogP contribution in [0.3, 0.4) is 0 Å². The van der Waals surface area contributed by atoms with E-state index < -0.39 is 36.3 Å². The lowest BCUT2D eigenvalue weighted by Gasteiger charge is -2.27. The van der Waals surface area contributed by atoms with Gasteiger partial charge in [-0.1, -0.05) is 48.5 Å². The number of rotatable bonds is 5. The molecule has 0 aliphatic carbocycles. The zero-order chi connectivity index (χ0) is 20.3. The molecule has 0 aromatic heterocycles. The number of hydrogen-bond donors (Lipinski definition) is 0. The van der Waals surface area contributed by atoms with Crippen molar-refractivity contribution in [3.8, 4) is 0 Å². The second-order valence-electron chi connectivity index (χ2n) is 6.63. The first-order chi connectivity index (χ1) is 13.4. The zero-order valence-corrected chi connectivity index (χ0v) is 15.6. The van der Waals surface area contributed by atoms with E-state index in [9.17, 15) is 19.2 Å². The van der Waals surface area contributed by atoms with E-state index >= 15 is 0 Å². The summed E-state index contributed by atoms with van der Waals surface area (Å²) in [6.07, 6.45) is -1.11. The minimum Gasteiger partial charge on any atom is -0.446 e. The van der Waals surface area contributed by atoms with Crippen molar-refractivity contribution in [2.24, 2.45) is 0 Å². The number of esters is 1. The van der Waals surface area contributed by atoms with Gasteiger partial charge in [-0.15, -0.1) is 0 Å². The number of imide groups is 1. The van der Waals surface area contributed by atoms with E-state index in [-0.39, 0.29) is 6.42 Å². The van der Waals surface area contributed by atoms with Gasteiger partial charge in [0.15, 0.2) is 0 Å². The molecule has 0 saturated heterocycles. The van der Waals surface area contributed by atoms with Gasteiger partial charge in [-0.25, -0.2) is 0 Å². The van der Waals surface area contributed by atoms with Crippen LogP contribution < -0.4 is 0 Å². The zero-order valence-electron chi connectivity index (χ0n) is 15.6. The maximum Gasteiger partial charge on any atom is 0.327 e. The van der Waals surface area contributed by atoms with Gasteiger partial charge in [-0.3, -0.25) is 24.1 Å². The summed E-state index contributed by atoms with van der Waals surface area (Å²) >= 11 is 0. The Kier molecular flexibility index (Phi) is 5.54. The number of carbonyl (C=O) groups excluding carboxylic acids is 4. The average Bonchev–Trinajstić information content (AvgIpc) is 2.69. The van der Waals surface area contributed by atoms with Gasteiger partial charge in [0.1, 0.15) is 6.54 Å². The molecule has 7 heteroatoms. The predicted molar refractivity (Wildman–Crippen MR) is 100 cm³/mol. The van der Waals surface area contributed by atoms with Crippen molar-refractivity contribution in [1.29, 1.82) is 0 Å². The van der Waals surface area contributed by atoms with Crippen molar-refractivity contribution in [3.63, 3.8) is 0 Å². The van der Waals surface area contributed by atoms with Crippen LogP contribution in [-0.2, 0) is 25.5 Å². The molecular formula is C21H20N2O5. The van der Waals surface area contributed by atoms with E-state index in [4.69, 9.17) is 4.74 Å². The quantitative estimate of drug-likeness (QED) is 0.581. The lowest BCUT2D eigenvalue weighted by molar-refractivity contribution is -0.161. The van der Waals surface area contributed by atoms with Gasteiger partial charge >= 0.3 is 5.97 Å². The number of nitrogens with zero attached hydrogens (tertiary/aromatic N) is 2. The molecule has 144 valence electrons. The molecule has 0 fully saturated rings. The second-order valence-corrected chi connectivity index (χ2v) is 6.63. The summed E-state index contributed by atoms with van der Waals surface area (Å²) in [6.45, 7) is -0.546. The predicted octanol–water partition coefficient (Wildman–Crippen LogP) is 1.58. The van der Waals surface area contributed by atoms with Crippen LogP contribution in [0.15, 0.2) is 54.6 Å². The highest BCUT2D eigenvalue weighted by Crippen LogP contribution is 2.22. The standard InChI is InChI=1S/C21H20N2O5/c1-22(2)21(27)19(14-8-4-3-5-9-14)28-18(25)13-23-17(24)12-15-10-6-7-11-16(15)20(23)26/h3-11,19H,12-13H2,1-2H3/t19-/m0/s1. The van der Waals surface area contributed by atoms with Crippen molar-refractivity contribution < 1.29 is 23.9 Å². The Bertz CT molecular complexity index is 923. The first-order valence-electron chi connectivity index (χ1n) is 8.76. The van der Waals surface area contributed by atoms with Gasteiger partial charge in [0, 0.05) is 25.2 Å². The minimum absolute atomic E-state index is 0.0357. The van der Waals surface area contributed by atoms with E-state index in [0.29, 0.717) is 16.7 Å². The number of fused-ring (bicyclic) bond motifs is 1. The fraction of sp³-hybridized carbons (Fsp3) is 0.238. The molecule has 0 N–H and O–H groups in total. The van der Waals surface area contributed by atoms with E-state index in [1.54, 1.807) is 68.7 Å². The minimum atomic E-state index is -1.15. The van der Waals surface area contributed by atoms with Crippen LogP contribution in [0.4, 0.5) is 0 Å². The third-order valence-electron chi connectivity index (χ3n) is 4.44. The normalized spacial score (nSPS) is 14.3. The summed E-state index contributed by atoms with van der Waals surface area (Å²) in [5.41, 5.74) is 1.53. The molecule has 0 spiro atoms. The van der Waals surface area contributed by atoms with E-state index in [0.717, 1.165) is 4.90 Å². The van der Waals surface area contributed by atoms with Crippen molar-refractivity contribution in [1.82, 2.24) is 9.80 Å². The number of hydrogen-bond acceptors (Lipinski definition) is 5. The lowest BCUT2D eigenvalue weighted by atomic mass is 9.98. The van der Waals surface area contributed by atoms with Crippen molar-refractivity contribution in [3.05, 3.63) is 71.3 Å². The van der Waals surface area contributed by atoms with Crippen LogP contribution in [0.5, 0.6) is 0 Å². The molecule has 0 saturated carbocycles. The fourth-order valence-electron chi connectivity index (χ4n) is 2.98. The average molecular weight is 380 g/mol. The Hall–Kier alpha value is -3.48. The van der Waals surface area contributed by atoms with E-state index in [2.05, 4.69) is 0 Å². The lowest BCUT2D eigenvalue weighted by Crippen LogP contribution is -2.46. The number of amides is 3. The molecule has 3 amide bonds. The highest BCUT2D eigenvalue weighted by Gasteiger charge is 2.34. The first kappa shape index (κ1) is 19.3. The number of benzene rings is 2. The highest BCUT2D eigenvalue weighted by atomic mass is 16.5. The Morgan fingerprint density at radius 3 is 2.36 bits per heavy atom. The molecule has 1 heterocycles. The Labute approximate surface area is 162 Å². The summed E-state index contributed by atoms with van der Waals surface area (Å²) in [6, 6.07) is 15.4. The molecule has 28 heavy (non-hydrogen) atoms. The van der Waals surface area contributed by atoms with Crippen molar-refractivity contribution >= 4 is 23.7 Å². The number of ether oxygens (including phenoxy) is 1. The largest absolute Gasteiger partial charge is 0.446 e. The maximum absolute atomic E-state index is 12.6. The summed E-state index contributed by atoms with van der Waals surface area (Å²) in [5, 5.41) is 0. The van der Waals surface area contributed by atoms with Crippen LogP contribution in [0, 0.1) is 0 Å². The molecule has 3 rings (SSSR count). The first-order valence-corrected chi connectivity index (χ1v) is 8.76. The Balaban J connectivity index is 1.77. The molecule has 2 aromatic rings. The van der Waals surface area contributed by atoms with Gasteiger partial charge in [0.25, 0.3) is 11.8 Å². The van der Waals surface area contributed by atoms with Crippen LogP contribution >= 0.6 is 0 Å². The Morgan fingerprint density at radius 2 is 1.68 bits per heavy atom. The summed E-state index contributed by atoms with van der Waals surface area (Å²) in [4.78, 5) is 52.0. The molecule has 7 nitrogen and oxygen atoms in total. The topological polar surface area (TPSA) is 84.0 Å². The number of carbonyl (C=O) groups is 4. The number of likely N-dealkylation sites (N-methyl/N-ethyl adjacent to an activating group) is 1. The summed E-state index contributed by atoms with van der Waals surface area (Å²) < 4.78 is 5.37. The molecule has 1 aliphatic heterocycles. The molecule has 0 bridgehead atoms. The van der Waals surface area contributed by atoms with Crippen LogP contribution in [0.1, 0.15) is 27.6 Å². The molecular weight excluding hydrogens is 360 g/mol. The Morgan fingerprint density at radius 1 is 1.04 bits per heavy atom.